The number of anilines is 1. The maximum absolute atomic E-state index is 13.0. The molecule has 0 N–H and O–H groups in total. The van der Waals surface area contributed by atoms with Crippen LogP contribution in [0.4, 0.5) is 14.9 Å². The molecule has 2 rings (SSSR count). The first-order valence-corrected chi connectivity index (χ1v) is 7.91. The maximum Gasteiger partial charge on any atom is 0.415 e. The predicted molar refractivity (Wildman–Crippen MR) is 96.6 cm³/mol. The average molecular weight is 360 g/mol. The largest absolute Gasteiger partial charge is 0.452 e. The number of rotatable bonds is 7. The standard InChI is InChI=1S/C19H21FN2O4/c1-14(15-8-10-17(20)11-9-15)21-26-12-16-6-4-5-7-18(16)22(13-24-2)19(23)25-3/h4-11H,12-13H2,1-3H3/b21-14+. The van der Waals surface area contributed by atoms with E-state index in [0.29, 0.717) is 11.4 Å². The fourth-order valence-corrected chi connectivity index (χ4v) is 2.30. The lowest BCUT2D eigenvalue weighted by molar-refractivity contribution is 0.129. The van der Waals surface area contributed by atoms with E-state index in [0.717, 1.165) is 11.1 Å². The Morgan fingerprint density at radius 1 is 1.12 bits per heavy atom. The number of hydrogen-bond donors (Lipinski definition) is 0. The van der Waals surface area contributed by atoms with Crippen LogP contribution in [0.15, 0.2) is 53.7 Å². The van der Waals surface area contributed by atoms with Gasteiger partial charge in [0, 0.05) is 12.7 Å². The van der Waals surface area contributed by atoms with Gasteiger partial charge in [-0.3, -0.25) is 4.90 Å². The molecule has 7 heteroatoms. The van der Waals surface area contributed by atoms with Crippen LogP contribution in [0.3, 0.4) is 0 Å². The molecule has 0 radical (unpaired) electrons. The van der Waals surface area contributed by atoms with Crippen molar-refractivity contribution in [2.24, 2.45) is 5.16 Å². The van der Waals surface area contributed by atoms with E-state index in [-0.39, 0.29) is 19.2 Å². The summed E-state index contributed by atoms with van der Waals surface area (Å²) >= 11 is 0. The topological polar surface area (TPSA) is 60.4 Å². The molecule has 26 heavy (non-hydrogen) atoms. The zero-order chi connectivity index (χ0) is 18.9. The highest BCUT2D eigenvalue weighted by atomic mass is 19.1. The van der Waals surface area contributed by atoms with E-state index in [1.54, 1.807) is 31.2 Å². The summed E-state index contributed by atoms with van der Waals surface area (Å²) in [4.78, 5) is 18.8. The van der Waals surface area contributed by atoms with Gasteiger partial charge in [0.2, 0.25) is 0 Å². The van der Waals surface area contributed by atoms with Gasteiger partial charge < -0.3 is 14.3 Å². The normalized spacial score (nSPS) is 11.2. The molecule has 0 saturated heterocycles. The third-order valence-corrected chi connectivity index (χ3v) is 3.62. The van der Waals surface area contributed by atoms with Crippen LogP contribution in [0.2, 0.25) is 0 Å². The number of halogens is 1. The first-order valence-electron chi connectivity index (χ1n) is 7.91. The second-order valence-electron chi connectivity index (χ2n) is 5.40. The van der Waals surface area contributed by atoms with Gasteiger partial charge in [0.25, 0.3) is 0 Å². The molecule has 0 saturated carbocycles. The molecular formula is C19H21FN2O4. The molecule has 0 aliphatic rings. The van der Waals surface area contributed by atoms with Gasteiger partial charge in [-0.25, -0.2) is 9.18 Å². The van der Waals surface area contributed by atoms with Crippen molar-refractivity contribution in [3.63, 3.8) is 0 Å². The zero-order valence-corrected chi connectivity index (χ0v) is 14.9. The highest BCUT2D eigenvalue weighted by Crippen LogP contribution is 2.22. The number of para-hydroxylation sites is 1. The minimum Gasteiger partial charge on any atom is -0.452 e. The van der Waals surface area contributed by atoms with Crippen molar-refractivity contribution in [3.8, 4) is 0 Å². The lowest BCUT2D eigenvalue weighted by Crippen LogP contribution is -2.33. The molecule has 0 bridgehead atoms. The van der Waals surface area contributed by atoms with E-state index in [2.05, 4.69) is 5.16 Å². The second-order valence-corrected chi connectivity index (χ2v) is 5.40. The summed E-state index contributed by atoms with van der Waals surface area (Å²) < 4.78 is 22.8. The van der Waals surface area contributed by atoms with Crippen molar-refractivity contribution in [2.75, 3.05) is 25.9 Å². The lowest BCUT2D eigenvalue weighted by atomic mass is 10.1. The smallest absolute Gasteiger partial charge is 0.415 e. The van der Waals surface area contributed by atoms with Gasteiger partial charge in [-0.1, -0.05) is 35.5 Å². The molecule has 0 heterocycles. The summed E-state index contributed by atoms with van der Waals surface area (Å²) in [5.74, 6) is -0.308. The van der Waals surface area contributed by atoms with Crippen molar-refractivity contribution in [3.05, 3.63) is 65.5 Å². The van der Waals surface area contributed by atoms with Crippen LogP contribution in [0, 0.1) is 5.82 Å². The fraction of sp³-hybridized carbons (Fsp3) is 0.263. The monoisotopic (exact) mass is 360 g/mol. The van der Waals surface area contributed by atoms with E-state index < -0.39 is 6.09 Å². The van der Waals surface area contributed by atoms with Crippen molar-refractivity contribution in [1.29, 1.82) is 0 Å². The summed E-state index contributed by atoms with van der Waals surface area (Å²) in [6.45, 7) is 1.96. The van der Waals surface area contributed by atoms with Crippen molar-refractivity contribution < 1.29 is 23.5 Å². The number of oxime groups is 1. The second kappa shape index (κ2) is 9.53. The number of carbonyl (C=O) groups excluding carboxylic acids is 1. The van der Waals surface area contributed by atoms with Crippen molar-refractivity contribution >= 4 is 17.5 Å². The minimum absolute atomic E-state index is 0.0432. The van der Waals surface area contributed by atoms with Gasteiger partial charge in [-0.2, -0.15) is 0 Å². The summed E-state index contributed by atoms with van der Waals surface area (Å²) in [6.07, 6.45) is -0.537. The first kappa shape index (κ1) is 19.4. The quantitative estimate of drug-likeness (QED) is 0.426. The van der Waals surface area contributed by atoms with E-state index in [1.165, 1.54) is 31.3 Å². The van der Waals surface area contributed by atoms with Gasteiger partial charge in [0.1, 0.15) is 19.2 Å². The number of ether oxygens (including phenoxy) is 2. The van der Waals surface area contributed by atoms with Crippen LogP contribution in [0.1, 0.15) is 18.1 Å². The van der Waals surface area contributed by atoms with Gasteiger partial charge in [-0.05, 0) is 30.7 Å². The van der Waals surface area contributed by atoms with E-state index in [1.807, 2.05) is 12.1 Å². The molecule has 0 spiro atoms. The fourth-order valence-electron chi connectivity index (χ4n) is 2.30. The molecule has 6 nitrogen and oxygen atoms in total. The zero-order valence-electron chi connectivity index (χ0n) is 14.9. The Hall–Kier alpha value is -2.93. The predicted octanol–water partition coefficient (Wildman–Crippen LogP) is 3.94. The van der Waals surface area contributed by atoms with Crippen LogP contribution in [0.5, 0.6) is 0 Å². The molecule has 0 atom stereocenters. The van der Waals surface area contributed by atoms with Crippen LogP contribution < -0.4 is 4.90 Å². The Morgan fingerprint density at radius 3 is 2.46 bits per heavy atom. The Labute approximate surface area is 151 Å². The van der Waals surface area contributed by atoms with Crippen LogP contribution >= 0.6 is 0 Å². The molecule has 138 valence electrons. The number of carbonyl (C=O) groups is 1. The average Bonchev–Trinajstić information content (AvgIpc) is 2.66. The third-order valence-electron chi connectivity index (χ3n) is 3.62. The summed E-state index contributed by atoms with van der Waals surface area (Å²) in [7, 11) is 2.80. The van der Waals surface area contributed by atoms with Crippen LogP contribution in [-0.2, 0) is 20.9 Å². The van der Waals surface area contributed by atoms with Gasteiger partial charge in [-0.15, -0.1) is 0 Å². The first-order chi connectivity index (χ1) is 12.6. The van der Waals surface area contributed by atoms with E-state index in [9.17, 15) is 9.18 Å². The van der Waals surface area contributed by atoms with E-state index >= 15 is 0 Å². The van der Waals surface area contributed by atoms with Crippen molar-refractivity contribution in [1.82, 2.24) is 0 Å². The number of methoxy groups -OCH3 is 2. The summed E-state index contributed by atoms with van der Waals surface area (Å²) in [5.41, 5.74) is 2.72. The molecule has 0 aliphatic heterocycles. The molecule has 0 aliphatic carbocycles. The maximum atomic E-state index is 13.0. The Bertz CT molecular complexity index is 762. The summed E-state index contributed by atoms with van der Waals surface area (Å²) in [6, 6.07) is 13.2. The molecule has 2 aromatic carbocycles. The van der Waals surface area contributed by atoms with E-state index in [4.69, 9.17) is 14.3 Å². The SMILES string of the molecule is COCN(C(=O)OC)c1ccccc1CO/N=C(\C)c1ccc(F)cc1. The molecule has 2 aromatic rings. The highest BCUT2D eigenvalue weighted by Gasteiger charge is 2.19. The number of hydrogen-bond acceptors (Lipinski definition) is 5. The van der Waals surface area contributed by atoms with Crippen LogP contribution in [-0.4, -0.2) is 32.8 Å². The molecule has 0 aromatic heterocycles. The number of amides is 1. The Morgan fingerprint density at radius 2 is 1.81 bits per heavy atom. The third kappa shape index (κ3) is 5.03. The molecular weight excluding hydrogens is 339 g/mol. The van der Waals surface area contributed by atoms with Gasteiger partial charge in [0.05, 0.1) is 18.5 Å². The molecule has 0 unspecified atom stereocenters. The Balaban J connectivity index is 2.13. The van der Waals surface area contributed by atoms with Crippen LogP contribution in [0.25, 0.3) is 0 Å². The van der Waals surface area contributed by atoms with Gasteiger partial charge >= 0.3 is 6.09 Å². The van der Waals surface area contributed by atoms with Crippen molar-refractivity contribution in [2.45, 2.75) is 13.5 Å². The number of nitrogens with zero attached hydrogens (tertiary/aromatic N) is 2. The lowest BCUT2D eigenvalue weighted by Gasteiger charge is -2.22. The molecule has 0 fully saturated rings. The molecule has 1 amide bonds. The minimum atomic E-state index is -0.537. The highest BCUT2D eigenvalue weighted by molar-refractivity contribution is 5.98. The van der Waals surface area contributed by atoms with Gasteiger partial charge in [0.15, 0.2) is 0 Å². The number of benzene rings is 2. The Kier molecular flexibility index (Phi) is 7.11. The summed E-state index contributed by atoms with van der Waals surface area (Å²) in [5, 5.41) is 4.06.